The minimum Gasteiger partial charge on any atom is -0.462 e. The van der Waals surface area contributed by atoms with Crippen LogP contribution in [0.25, 0.3) is 0 Å². The summed E-state index contributed by atoms with van der Waals surface area (Å²) in [5, 5.41) is 0. The minimum atomic E-state index is -0.836. The SMILES string of the molecule is CC/C=C\C/C=C\C/C=C\C/C=C\C/C=C\CCCCCCCCCCCCCC(=O)OCC(COC(=O)CCCC/C=C\C/C=C\C/C=C\C/C=C\CC)OC(=O)CCC/C=C\C/C=C\C/C=C\C/C=C\C/C=C\CC. The van der Waals surface area contributed by atoms with E-state index in [1.165, 1.54) is 57.8 Å². The molecule has 0 aliphatic carbocycles. The molecule has 0 amide bonds. The van der Waals surface area contributed by atoms with Gasteiger partial charge >= 0.3 is 17.9 Å². The lowest BCUT2D eigenvalue weighted by Gasteiger charge is -2.18. The highest BCUT2D eigenvalue weighted by atomic mass is 16.6. The maximum absolute atomic E-state index is 12.9. The van der Waals surface area contributed by atoms with Crippen LogP contribution in [0.3, 0.4) is 0 Å². The molecule has 430 valence electrons. The van der Waals surface area contributed by atoms with Gasteiger partial charge in [0.2, 0.25) is 0 Å². The van der Waals surface area contributed by atoms with Crippen LogP contribution in [0.5, 0.6) is 0 Å². The molecule has 0 saturated heterocycles. The van der Waals surface area contributed by atoms with Crippen LogP contribution in [0.2, 0.25) is 0 Å². The van der Waals surface area contributed by atoms with E-state index in [-0.39, 0.29) is 44.0 Å². The first kappa shape index (κ1) is 71.8. The van der Waals surface area contributed by atoms with Gasteiger partial charge in [-0.15, -0.1) is 0 Å². The molecule has 6 nitrogen and oxygen atoms in total. The smallest absolute Gasteiger partial charge is 0.306 e. The van der Waals surface area contributed by atoms with Gasteiger partial charge in [-0.05, 0) is 141 Å². The van der Waals surface area contributed by atoms with Crippen molar-refractivity contribution in [1.82, 2.24) is 0 Å². The van der Waals surface area contributed by atoms with Gasteiger partial charge in [0, 0.05) is 19.3 Å². The van der Waals surface area contributed by atoms with Gasteiger partial charge in [0.1, 0.15) is 13.2 Å². The molecule has 77 heavy (non-hydrogen) atoms. The van der Waals surface area contributed by atoms with E-state index in [1.807, 2.05) is 0 Å². The summed E-state index contributed by atoms with van der Waals surface area (Å²) in [5.74, 6) is -1.04. The molecule has 0 rings (SSSR count). The van der Waals surface area contributed by atoms with E-state index in [9.17, 15) is 14.4 Å². The van der Waals surface area contributed by atoms with Gasteiger partial charge in [0.05, 0.1) is 0 Å². The van der Waals surface area contributed by atoms with Crippen LogP contribution in [-0.4, -0.2) is 37.2 Å². The topological polar surface area (TPSA) is 78.9 Å². The van der Waals surface area contributed by atoms with Crippen molar-refractivity contribution in [3.8, 4) is 0 Å². The Morgan fingerprint density at radius 1 is 0.260 bits per heavy atom. The third-order valence-corrected chi connectivity index (χ3v) is 12.2. The predicted molar refractivity (Wildman–Crippen MR) is 334 cm³/mol. The Morgan fingerprint density at radius 3 is 0.792 bits per heavy atom. The Labute approximate surface area is 472 Å². The average molecular weight is 1060 g/mol. The zero-order valence-corrected chi connectivity index (χ0v) is 49.1. The van der Waals surface area contributed by atoms with Crippen LogP contribution < -0.4 is 0 Å². The lowest BCUT2D eigenvalue weighted by atomic mass is 10.0. The molecule has 0 aromatic rings. The van der Waals surface area contributed by atoms with Gasteiger partial charge in [-0.3, -0.25) is 14.4 Å². The van der Waals surface area contributed by atoms with E-state index < -0.39 is 6.10 Å². The molecule has 0 heterocycles. The highest BCUT2D eigenvalue weighted by Crippen LogP contribution is 2.14. The van der Waals surface area contributed by atoms with Crippen LogP contribution in [0.4, 0.5) is 0 Å². The normalized spacial score (nSPS) is 13.3. The van der Waals surface area contributed by atoms with Crippen molar-refractivity contribution in [3.63, 3.8) is 0 Å². The summed E-state index contributed by atoms with van der Waals surface area (Å²) in [6.07, 6.45) is 93.6. The first-order valence-corrected chi connectivity index (χ1v) is 30.6. The summed E-state index contributed by atoms with van der Waals surface area (Å²) in [6, 6.07) is 0. The van der Waals surface area contributed by atoms with Gasteiger partial charge < -0.3 is 14.2 Å². The summed E-state index contributed by atoms with van der Waals surface area (Å²) in [6.45, 7) is 6.20. The average Bonchev–Trinajstić information content (AvgIpc) is 3.43. The fraction of sp³-hybridized carbons (Fsp3) is 0.563. The number of esters is 3. The number of ether oxygens (including phenoxy) is 3. The molecule has 0 spiro atoms. The van der Waals surface area contributed by atoms with Crippen molar-refractivity contribution in [2.24, 2.45) is 0 Å². The van der Waals surface area contributed by atoms with E-state index >= 15 is 0 Å². The third kappa shape index (κ3) is 61.5. The molecule has 0 bridgehead atoms. The Bertz CT molecular complexity index is 1790. The van der Waals surface area contributed by atoms with E-state index in [0.29, 0.717) is 19.3 Å². The largest absolute Gasteiger partial charge is 0.462 e. The molecule has 0 fully saturated rings. The molecule has 0 saturated carbocycles. The van der Waals surface area contributed by atoms with Crippen LogP contribution in [0.15, 0.2) is 170 Å². The summed E-state index contributed by atoms with van der Waals surface area (Å²) in [5.41, 5.74) is 0. The molecule has 0 aliphatic rings. The van der Waals surface area contributed by atoms with Crippen LogP contribution in [-0.2, 0) is 28.6 Å². The van der Waals surface area contributed by atoms with Crippen LogP contribution in [0.1, 0.15) is 239 Å². The number of carbonyl (C=O) groups is 3. The van der Waals surface area contributed by atoms with Crippen molar-refractivity contribution in [2.75, 3.05) is 13.2 Å². The molecule has 0 aromatic carbocycles. The second-order valence-corrected chi connectivity index (χ2v) is 19.5. The molecule has 0 radical (unpaired) electrons. The first-order chi connectivity index (χ1) is 38.0. The highest BCUT2D eigenvalue weighted by Gasteiger charge is 2.19. The third-order valence-electron chi connectivity index (χ3n) is 12.2. The second kappa shape index (κ2) is 63.3. The predicted octanol–water partition coefficient (Wildman–Crippen LogP) is 21.1. The van der Waals surface area contributed by atoms with Crippen LogP contribution in [0, 0.1) is 0 Å². The molecular formula is C71H110O6. The number of hydrogen-bond acceptors (Lipinski definition) is 6. The van der Waals surface area contributed by atoms with E-state index in [0.717, 1.165) is 128 Å². The van der Waals surface area contributed by atoms with Gasteiger partial charge in [0.15, 0.2) is 6.10 Å². The number of carbonyl (C=O) groups excluding carboxylic acids is 3. The highest BCUT2D eigenvalue weighted by molar-refractivity contribution is 5.71. The fourth-order valence-electron chi connectivity index (χ4n) is 7.73. The van der Waals surface area contributed by atoms with Gasteiger partial charge in [-0.1, -0.05) is 249 Å². The second-order valence-electron chi connectivity index (χ2n) is 19.5. The number of unbranched alkanes of at least 4 members (excludes halogenated alkanes) is 14. The number of allylic oxidation sites excluding steroid dienone is 28. The fourth-order valence-corrected chi connectivity index (χ4v) is 7.73. The molecule has 0 aliphatic heterocycles. The molecule has 6 heteroatoms. The standard InChI is InChI=1S/C71H110O6/c1-4-7-10-13-16-19-22-25-28-30-31-32-33-34-35-36-37-38-39-41-43-46-49-52-55-58-61-64-70(73)76-67-68(66-75-69(72)63-60-57-54-51-48-45-42-27-24-21-18-15-12-9-6-3)77-71(74)65-62-59-56-53-50-47-44-40-29-26-23-20-17-14-11-8-5-2/h7-12,16-21,25-29,31-32,34-35,42,44,47-48,51,53,56,68H,4-6,13-15,22-24,30,33,36-41,43,45-46,49-50,52,54-55,57-67H2,1-3H3/b10-7-,11-8-,12-9-,19-16-,20-17-,21-18-,28-25-,29-26-,32-31-,35-34-,42-27-,47-44-,51-48-,56-53-. The lowest BCUT2D eigenvalue weighted by Crippen LogP contribution is -2.30. The Hall–Kier alpha value is -5.23. The van der Waals surface area contributed by atoms with E-state index in [1.54, 1.807) is 0 Å². The quantitative estimate of drug-likeness (QED) is 0.0261. The van der Waals surface area contributed by atoms with E-state index in [4.69, 9.17) is 14.2 Å². The number of rotatable bonds is 53. The number of hydrogen-bond donors (Lipinski definition) is 0. The maximum Gasteiger partial charge on any atom is 0.306 e. The van der Waals surface area contributed by atoms with Crippen molar-refractivity contribution in [1.29, 1.82) is 0 Å². The monoisotopic (exact) mass is 1060 g/mol. The maximum atomic E-state index is 12.9. The van der Waals surface area contributed by atoms with Gasteiger partial charge in [-0.25, -0.2) is 0 Å². The van der Waals surface area contributed by atoms with Crippen molar-refractivity contribution >= 4 is 17.9 Å². The molecule has 0 aromatic heterocycles. The van der Waals surface area contributed by atoms with Gasteiger partial charge in [-0.2, -0.15) is 0 Å². The lowest BCUT2D eigenvalue weighted by molar-refractivity contribution is -0.167. The molecule has 1 atom stereocenters. The van der Waals surface area contributed by atoms with E-state index in [2.05, 4.69) is 191 Å². The summed E-state index contributed by atoms with van der Waals surface area (Å²) >= 11 is 0. The molecule has 1 unspecified atom stereocenters. The Balaban J connectivity index is 4.46. The van der Waals surface area contributed by atoms with Crippen molar-refractivity contribution < 1.29 is 28.6 Å². The molecule has 0 N–H and O–H groups in total. The van der Waals surface area contributed by atoms with Crippen LogP contribution >= 0.6 is 0 Å². The van der Waals surface area contributed by atoms with Gasteiger partial charge in [0.25, 0.3) is 0 Å². The Morgan fingerprint density at radius 2 is 0.481 bits per heavy atom. The minimum absolute atomic E-state index is 0.123. The van der Waals surface area contributed by atoms with Crippen molar-refractivity contribution in [2.45, 2.75) is 245 Å². The zero-order chi connectivity index (χ0) is 55.7. The summed E-state index contributed by atoms with van der Waals surface area (Å²) in [4.78, 5) is 38.2. The summed E-state index contributed by atoms with van der Waals surface area (Å²) < 4.78 is 16.8. The first-order valence-electron chi connectivity index (χ1n) is 30.6. The van der Waals surface area contributed by atoms with Crippen molar-refractivity contribution in [3.05, 3.63) is 170 Å². The zero-order valence-electron chi connectivity index (χ0n) is 49.1. The summed E-state index contributed by atoms with van der Waals surface area (Å²) in [7, 11) is 0. The Kier molecular flexibility index (Phi) is 59.0. The molecular weight excluding hydrogens is 949 g/mol.